The van der Waals surface area contributed by atoms with Gasteiger partial charge in [-0.25, -0.2) is 0 Å². The highest BCUT2D eigenvalue weighted by molar-refractivity contribution is 6.01. The van der Waals surface area contributed by atoms with Gasteiger partial charge in [0, 0.05) is 81.9 Å². The Hall–Kier alpha value is -6.78. The predicted octanol–water partition coefficient (Wildman–Crippen LogP) is 14.8. The van der Waals surface area contributed by atoms with Crippen LogP contribution in [0.4, 0.5) is 34.1 Å². The van der Waals surface area contributed by atoms with Gasteiger partial charge >= 0.3 is 0 Å². The van der Waals surface area contributed by atoms with E-state index in [1.165, 1.54) is 100 Å². The molecule has 0 spiro atoms. The van der Waals surface area contributed by atoms with Crippen LogP contribution in [0.1, 0.15) is 61.1 Å². The minimum atomic E-state index is -0.208. The van der Waals surface area contributed by atoms with Crippen LogP contribution in [0.15, 0.2) is 158 Å². The summed E-state index contributed by atoms with van der Waals surface area (Å²) in [7, 11) is 4.29. The predicted molar refractivity (Wildman–Crippen MR) is 253 cm³/mol. The molecule has 60 heavy (non-hydrogen) atoms. The number of hydrogen-bond acceptors (Lipinski definition) is 2. The molecular weight excluding hydrogens is 729 g/mol. The Morgan fingerprint density at radius 3 is 1.17 bits per heavy atom. The molecule has 2 aliphatic carbocycles. The molecule has 0 aliphatic heterocycles. The number of hydrogen-bond donors (Lipinski definition) is 0. The van der Waals surface area contributed by atoms with Crippen LogP contribution in [0.5, 0.6) is 0 Å². The van der Waals surface area contributed by atoms with E-state index in [-0.39, 0.29) is 10.8 Å². The number of rotatable bonds is 6. The molecule has 0 saturated heterocycles. The van der Waals surface area contributed by atoms with Crippen LogP contribution in [0.2, 0.25) is 0 Å². The fraction of sp³-hybridized carbons (Fsp3) is 0.179. The molecule has 0 radical (unpaired) electrons. The lowest BCUT2D eigenvalue weighted by Crippen LogP contribution is -2.18. The number of anilines is 6. The van der Waals surface area contributed by atoms with Crippen LogP contribution >= 0.6 is 0 Å². The number of aryl methyl sites for hydroxylation is 4. The summed E-state index contributed by atoms with van der Waals surface area (Å²) in [6.45, 7) is 14.3. The molecule has 2 heterocycles. The van der Waals surface area contributed by atoms with E-state index in [9.17, 15) is 0 Å². The number of para-hydroxylation sites is 4. The van der Waals surface area contributed by atoms with E-state index in [1.807, 2.05) is 0 Å². The van der Waals surface area contributed by atoms with Gasteiger partial charge in [0.05, 0.1) is 11.4 Å². The zero-order chi connectivity index (χ0) is 41.2. The SMILES string of the molecule is Cc1cc(N(c2ccccc2)c2cn(C)c3ccccc23)cc2c1-c1cc3c(cc1C2(C)C)-c1c(C)cc(N(c2ccccc2)c2cn(C)c4ccccc24)cc1C3(C)C. The molecule has 0 atom stereocenters. The lowest BCUT2D eigenvalue weighted by atomic mass is 9.79. The Balaban J connectivity index is 1.06. The molecule has 0 N–H and O–H groups in total. The molecule has 0 amide bonds. The third-order valence-electron chi connectivity index (χ3n) is 13.8. The van der Waals surface area contributed by atoms with E-state index in [2.05, 4.69) is 233 Å². The maximum absolute atomic E-state index is 2.56. The van der Waals surface area contributed by atoms with Crippen molar-refractivity contribution in [3.05, 3.63) is 191 Å². The molecule has 7 aromatic carbocycles. The average Bonchev–Trinajstić information content (AvgIpc) is 3.90. The first-order valence-corrected chi connectivity index (χ1v) is 21.2. The van der Waals surface area contributed by atoms with Gasteiger partial charge in [0.25, 0.3) is 0 Å². The lowest BCUT2D eigenvalue weighted by Gasteiger charge is -2.28. The molecule has 0 unspecified atom stereocenters. The first-order chi connectivity index (χ1) is 28.9. The Labute approximate surface area is 353 Å². The van der Waals surface area contributed by atoms with Gasteiger partial charge in [-0.3, -0.25) is 0 Å². The van der Waals surface area contributed by atoms with Gasteiger partial charge in [-0.2, -0.15) is 0 Å². The molecule has 9 aromatic rings. The summed E-state index contributed by atoms with van der Waals surface area (Å²) < 4.78 is 4.49. The number of nitrogens with zero attached hydrogens (tertiary/aromatic N) is 4. The highest BCUT2D eigenvalue weighted by Crippen LogP contribution is 2.59. The summed E-state index contributed by atoms with van der Waals surface area (Å²) >= 11 is 0. The molecule has 4 heteroatoms. The van der Waals surface area contributed by atoms with Gasteiger partial charge in [-0.05, 0) is 142 Å². The molecule has 2 aliphatic rings. The van der Waals surface area contributed by atoms with Crippen LogP contribution in [-0.2, 0) is 24.9 Å². The summed E-state index contributed by atoms with van der Waals surface area (Å²) in [6.07, 6.45) is 4.55. The lowest BCUT2D eigenvalue weighted by molar-refractivity contribution is 0.652. The number of benzene rings is 7. The Morgan fingerprint density at radius 1 is 0.400 bits per heavy atom. The summed E-state index contributed by atoms with van der Waals surface area (Å²) in [5.74, 6) is 0. The second-order valence-corrected chi connectivity index (χ2v) is 18.2. The topological polar surface area (TPSA) is 16.3 Å². The molecule has 11 rings (SSSR count). The zero-order valence-electron chi connectivity index (χ0n) is 35.8. The Kier molecular flexibility index (Phi) is 7.78. The number of aromatic nitrogens is 2. The minimum absolute atomic E-state index is 0.208. The van der Waals surface area contributed by atoms with Crippen molar-refractivity contribution < 1.29 is 0 Å². The standard InChI is InChI=1S/C56H50N4/c1-35-27-39(59(37-19-11-9-12-20-37)51-33-57(7)49-25-17-15-23-41(49)51)29-47-53(35)43-31-46-44(32-45(43)55(47,3)4)54-36(2)28-40(30-48(54)56(46,5)6)60(38-21-13-10-14-22-38)52-34-58(8)50-26-18-16-24-42(50)52/h9-34H,1-8H3. The van der Waals surface area contributed by atoms with Crippen molar-refractivity contribution >= 4 is 55.9 Å². The van der Waals surface area contributed by atoms with Gasteiger partial charge in [0.1, 0.15) is 0 Å². The summed E-state index contributed by atoms with van der Waals surface area (Å²) in [5, 5.41) is 2.48. The van der Waals surface area contributed by atoms with E-state index in [0.29, 0.717) is 0 Å². The maximum Gasteiger partial charge on any atom is 0.0717 e. The molecule has 4 nitrogen and oxygen atoms in total. The Morgan fingerprint density at radius 2 is 0.767 bits per heavy atom. The van der Waals surface area contributed by atoms with Gasteiger partial charge < -0.3 is 18.9 Å². The van der Waals surface area contributed by atoms with E-state index >= 15 is 0 Å². The molecule has 294 valence electrons. The zero-order valence-corrected chi connectivity index (χ0v) is 35.8. The quantitative estimate of drug-likeness (QED) is 0.167. The van der Waals surface area contributed by atoms with Crippen LogP contribution in [0.25, 0.3) is 44.1 Å². The van der Waals surface area contributed by atoms with Crippen molar-refractivity contribution in [3.63, 3.8) is 0 Å². The van der Waals surface area contributed by atoms with Crippen LogP contribution in [-0.4, -0.2) is 9.13 Å². The monoisotopic (exact) mass is 778 g/mol. The van der Waals surface area contributed by atoms with Gasteiger partial charge in [0.2, 0.25) is 0 Å². The second-order valence-electron chi connectivity index (χ2n) is 18.2. The smallest absolute Gasteiger partial charge is 0.0717 e. The minimum Gasteiger partial charge on any atom is -0.348 e. The fourth-order valence-corrected chi connectivity index (χ4v) is 10.8. The molecule has 0 bridgehead atoms. The molecule has 0 saturated carbocycles. The Bertz CT molecular complexity index is 2980. The summed E-state index contributed by atoms with van der Waals surface area (Å²) in [4.78, 5) is 4.90. The van der Waals surface area contributed by atoms with E-state index in [4.69, 9.17) is 0 Å². The third kappa shape index (κ3) is 5.10. The van der Waals surface area contributed by atoms with Gasteiger partial charge in [0.15, 0.2) is 0 Å². The van der Waals surface area contributed by atoms with E-state index < -0.39 is 0 Å². The second kappa shape index (κ2) is 12.9. The van der Waals surface area contributed by atoms with Crippen molar-refractivity contribution in [1.82, 2.24) is 9.13 Å². The molecular formula is C56H50N4. The highest BCUT2D eigenvalue weighted by Gasteiger charge is 2.43. The number of fused-ring (bicyclic) bond motifs is 8. The third-order valence-corrected chi connectivity index (χ3v) is 13.8. The normalized spacial score (nSPS) is 14.3. The first kappa shape index (κ1) is 36.3. The van der Waals surface area contributed by atoms with Crippen LogP contribution < -0.4 is 9.80 Å². The fourth-order valence-electron chi connectivity index (χ4n) is 10.8. The highest BCUT2D eigenvalue weighted by atomic mass is 15.2. The van der Waals surface area contributed by atoms with Crippen molar-refractivity contribution in [2.75, 3.05) is 9.80 Å². The summed E-state index contributed by atoms with van der Waals surface area (Å²) in [5.41, 5.74) is 22.8. The van der Waals surface area contributed by atoms with E-state index in [0.717, 1.165) is 11.4 Å². The van der Waals surface area contributed by atoms with Crippen LogP contribution in [0.3, 0.4) is 0 Å². The van der Waals surface area contributed by atoms with Crippen molar-refractivity contribution in [2.24, 2.45) is 14.1 Å². The van der Waals surface area contributed by atoms with Crippen molar-refractivity contribution in [2.45, 2.75) is 52.4 Å². The first-order valence-electron chi connectivity index (χ1n) is 21.2. The van der Waals surface area contributed by atoms with Gasteiger partial charge in [-0.15, -0.1) is 0 Å². The van der Waals surface area contributed by atoms with Crippen molar-refractivity contribution in [1.29, 1.82) is 0 Å². The maximum atomic E-state index is 2.56. The molecule has 2 aromatic heterocycles. The molecule has 0 fully saturated rings. The van der Waals surface area contributed by atoms with E-state index in [1.54, 1.807) is 0 Å². The van der Waals surface area contributed by atoms with Gasteiger partial charge in [-0.1, -0.05) is 100 Å². The average molecular weight is 779 g/mol. The van der Waals surface area contributed by atoms with Crippen LogP contribution in [0, 0.1) is 13.8 Å². The largest absolute Gasteiger partial charge is 0.348 e. The van der Waals surface area contributed by atoms with Crippen molar-refractivity contribution in [3.8, 4) is 22.3 Å². The summed E-state index contributed by atoms with van der Waals surface area (Å²) in [6, 6.07) is 54.0.